The van der Waals surface area contributed by atoms with Gasteiger partial charge in [0.05, 0.1) is 18.7 Å². The van der Waals surface area contributed by atoms with Crippen molar-refractivity contribution in [3.05, 3.63) is 65.9 Å². The molecule has 1 saturated heterocycles. The van der Waals surface area contributed by atoms with E-state index in [1.165, 1.54) is 12.1 Å². The minimum Gasteiger partial charge on any atom is -0.497 e. The van der Waals surface area contributed by atoms with E-state index < -0.39 is 17.7 Å². The lowest BCUT2D eigenvalue weighted by Gasteiger charge is -2.33. The third kappa shape index (κ3) is 6.16. The molecule has 0 spiro atoms. The molecule has 3 aromatic rings. The average Bonchev–Trinajstić information content (AvgIpc) is 2.81. The Morgan fingerprint density at radius 2 is 1.85 bits per heavy atom. The number of β-amino-alcohol motifs (C(OH)–C–C–N with tert-alkyl or cyclic N) is 1. The van der Waals surface area contributed by atoms with Gasteiger partial charge in [0.2, 0.25) is 0 Å². The van der Waals surface area contributed by atoms with Crippen LogP contribution in [-0.2, 0) is 0 Å². The maximum Gasteiger partial charge on any atom is 0.129 e. The lowest BCUT2D eigenvalue weighted by Crippen LogP contribution is -2.44. The lowest BCUT2D eigenvalue weighted by molar-refractivity contribution is 0.0946. The molecule has 0 aliphatic carbocycles. The first-order chi connectivity index (χ1) is 16.0. The number of piperidine rings is 1. The number of hydrogen-bond acceptors (Lipinski definition) is 6. The molecule has 0 radical (unpaired) electrons. The van der Waals surface area contributed by atoms with Crippen LogP contribution in [0, 0.1) is 11.6 Å². The monoisotopic (exact) mass is 457 g/mol. The summed E-state index contributed by atoms with van der Waals surface area (Å²) in [7, 11) is 1.62. The second-order valence-electron chi connectivity index (χ2n) is 8.28. The fourth-order valence-corrected chi connectivity index (χ4v) is 4.27. The van der Waals surface area contributed by atoms with Gasteiger partial charge in [-0.25, -0.2) is 8.78 Å². The van der Waals surface area contributed by atoms with E-state index in [4.69, 9.17) is 9.47 Å². The summed E-state index contributed by atoms with van der Waals surface area (Å²) < 4.78 is 37.2. The predicted octanol–water partition coefficient (Wildman–Crippen LogP) is 3.69. The number of likely N-dealkylation sites (tertiary alicyclic amines) is 1. The molecule has 0 bridgehead atoms. The Balaban J connectivity index is 1.23. The van der Waals surface area contributed by atoms with Gasteiger partial charge in [-0.15, -0.1) is 0 Å². The molecule has 1 aromatic heterocycles. The van der Waals surface area contributed by atoms with E-state index in [2.05, 4.69) is 15.2 Å². The van der Waals surface area contributed by atoms with E-state index in [1.54, 1.807) is 13.3 Å². The number of aromatic nitrogens is 1. The fraction of sp³-hybridized carbons (Fsp3) is 0.400. The molecule has 0 amide bonds. The van der Waals surface area contributed by atoms with Crippen molar-refractivity contribution in [2.45, 2.75) is 25.0 Å². The van der Waals surface area contributed by atoms with Gasteiger partial charge in [0.15, 0.2) is 0 Å². The quantitative estimate of drug-likeness (QED) is 0.478. The smallest absolute Gasteiger partial charge is 0.129 e. The van der Waals surface area contributed by atoms with Gasteiger partial charge in [-0.1, -0.05) is 0 Å². The summed E-state index contributed by atoms with van der Waals surface area (Å²) in [4.78, 5) is 6.65. The van der Waals surface area contributed by atoms with Gasteiger partial charge in [-0.3, -0.25) is 4.98 Å². The topological polar surface area (TPSA) is 66.9 Å². The molecule has 1 aliphatic rings. The molecule has 2 aromatic carbocycles. The highest BCUT2D eigenvalue weighted by Crippen LogP contribution is 2.27. The first kappa shape index (κ1) is 23.4. The Labute approximate surface area is 192 Å². The van der Waals surface area contributed by atoms with Crippen molar-refractivity contribution in [3.8, 4) is 11.5 Å². The van der Waals surface area contributed by atoms with Crippen LogP contribution in [0.1, 0.15) is 24.5 Å². The zero-order valence-electron chi connectivity index (χ0n) is 18.6. The van der Waals surface area contributed by atoms with Gasteiger partial charge in [0, 0.05) is 48.9 Å². The Morgan fingerprint density at radius 3 is 2.58 bits per heavy atom. The number of halogens is 2. The number of pyridine rings is 1. The van der Waals surface area contributed by atoms with Crippen molar-refractivity contribution in [3.63, 3.8) is 0 Å². The SMILES string of the molecule is COc1ccc2nccc([C@@H](O)CN3CCC(NCCOc4cc(F)cc(F)c4)CC3)c2c1. The van der Waals surface area contributed by atoms with Crippen LogP contribution in [0.3, 0.4) is 0 Å². The summed E-state index contributed by atoms with van der Waals surface area (Å²) >= 11 is 0. The van der Waals surface area contributed by atoms with E-state index in [1.807, 2.05) is 24.3 Å². The second kappa shape index (κ2) is 10.9. The first-order valence-corrected chi connectivity index (χ1v) is 11.2. The zero-order chi connectivity index (χ0) is 23.2. The van der Waals surface area contributed by atoms with Crippen LogP contribution in [0.5, 0.6) is 11.5 Å². The molecular formula is C25H29F2N3O3. The van der Waals surface area contributed by atoms with Crippen molar-refractivity contribution in [2.24, 2.45) is 0 Å². The maximum absolute atomic E-state index is 13.2. The molecule has 1 aliphatic heterocycles. The standard InChI is InChI=1S/C25H29F2N3O3/c1-32-20-2-3-24-23(15-20)22(4-7-29-24)25(31)16-30-9-5-19(6-10-30)28-8-11-33-21-13-17(26)12-18(27)14-21/h2-4,7,12-15,19,25,28,31H,5-6,8-11,16H2,1H3/t25-/m0/s1. The molecular weight excluding hydrogens is 428 g/mol. The van der Waals surface area contributed by atoms with Crippen LogP contribution in [0.15, 0.2) is 48.7 Å². The number of nitrogens with one attached hydrogen (secondary N) is 1. The van der Waals surface area contributed by atoms with Crippen molar-refractivity contribution in [1.29, 1.82) is 0 Å². The number of benzene rings is 2. The summed E-state index contributed by atoms with van der Waals surface area (Å²) in [5.41, 5.74) is 1.68. The van der Waals surface area contributed by atoms with Gasteiger partial charge in [0.25, 0.3) is 0 Å². The van der Waals surface area contributed by atoms with E-state index >= 15 is 0 Å². The Hall–Kier alpha value is -2.81. The van der Waals surface area contributed by atoms with Crippen LogP contribution >= 0.6 is 0 Å². The molecule has 1 fully saturated rings. The van der Waals surface area contributed by atoms with Gasteiger partial charge in [-0.05, 0) is 55.8 Å². The van der Waals surface area contributed by atoms with Crippen molar-refractivity contribution in [1.82, 2.24) is 15.2 Å². The van der Waals surface area contributed by atoms with Crippen LogP contribution in [-0.4, -0.2) is 60.9 Å². The number of rotatable bonds is 9. The summed E-state index contributed by atoms with van der Waals surface area (Å²) in [6.45, 7) is 3.22. The van der Waals surface area contributed by atoms with Gasteiger partial charge in [0.1, 0.15) is 29.7 Å². The molecule has 2 heterocycles. The minimum absolute atomic E-state index is 0.194. The largest absolute Gasteiger partial charge is 0.497 e. The van der Waals surface area contributed by atoms with Gasteiger partial charge >= 0.3 is 0 Å². The maximum atomic E-state index is 13.2. The minimum atomic E-state index is -0.647. The molecule has 33 heavy (non-hydrogen) atoms. The number of fused-ring (bicyclic) bond motifs is 1. The number of hydrogen-bond donors (Lipinski definition) is 2. The third-order valence-corrected chi connectivity index (χ3v) is 6.00. The Bertz CT molecular complexity index is 1050. The number of methoxy groups -OCH3 is 1. The van der Waals surface area contributed by atoms with Crippen molar-refractivity contribution in [2.75, 3.05) is 39.9 Å². The Kier molecular flexibility index (Phi) is 7.69. The van der Waals surface area contributed by atoms with Gasteiger partial charge < -0.3 is 24.8 Å². The molecule has 8 heteroatoms. The lowest BCUT2D eigenvalue weighted by atomic mass is 10.0. The van der Waals surface area contributed by atoms with Crippen molar-refractivity contribution >= 4 is 10.9 Å². The highest BCUT2D eigenvalue weighted by molar-refractivity contribution is 5.83. The first-order valence-electron chi connectivity index (χ1n) is 11.2. The number of nitrogens with zero attached hydrogens (tertiary/aromatic N) is 2. The number of aliphatic hydroxyl groups excluding tert-OH is 1. The molecule has 4 rings (SSSR count). The van der Waals surface area contributed by atoms with E-state index in [9.17, 15) is 13.9 Å². The van der Waals surface area contributed by atoms with E-state index in [0.717, 1.165) is 54.2 Å². The Morgan fingerprint density at radius 1 is 1.09 bits per heavy atom. The highest BCUT2D eigenvalue weighted by atomic mass is 19.1. The summed E-state index contributed by atoms with van der Waals surface area (Å²) in [5.74, 6) is -0.362. The predicted molar refractivity (Wildman–Crippen MR) is 123 cm³/mol. The molecule has 0 saturated carbocycles. The van der Waals surface area contributed by atoms with E-state index in [0.29, 0.717) is 25.7 Å². The fourth-order valence-electron chi connectivity index (χ4n) is 4.27. The molecule has 1 atom stereocenters. The van der Waals surface area contributed by atoms with Crippen LogP contribution in [0.4, 0.5) is 8.78 Å². The molecule has 176 valence electrons. The van der Waals surface area contributed by atoms with Crippen LogP contribution in [0.2, 0.25) is 0 Å². The number of ether oxygens (including phenoxy) is 2. The summed E-state index contributed by atoms with van der Waals surface area (Å²) in [6.07, 6.45) is 3.01. The summed E-state index contributed by atoms with van der Waals surface area (Å²) in [6, 6.07) is 11.1. The van der Waals surface area contributed by atoms with Crippen LogP contribution < -0.4 is 14.8 Å². The third-order valence-electron chi connectivity index (χ3n) is 6.00. The second-order valence-corrected chi connectivity index (χ2v) is 8.28. The normalized spacial score (nSPS) is 16.1. The molecule has 2 N–H and O–H groups in total. The molecule has 6 nitrogen and oxygen atoms in total. The summed E-state index contributed by atoms with van der Waals surface area (Å²) in [5, 5.41) is 15.3. The van der Waals surface area contributed by atoms with Crippen LogP contribution in [0.25, 0.3) is 10.9 Å². The molecule has 0 unspecified atom stereocenters. The van der Waals surface area contributed by atoms with Crippen molar-refractivity contribution < 1.29 is 23.4 Å². The highest BCUT2D eigenvalue weighted by Gasteiger charge is 2.22. The average molecular weight is 458 g/mol. The number of aliphatic hydroxyl groups is 1. The van der Waals surface area contributed by atoms with Gasteiger partial charge in [-0.2, -0.15) is 0 Å². The van der Waals surface area contributed by atoms with E-state index in [-0.39, 0.29) is 5.75 Å². The zero-order valence-corrected chi connectivity index (χ0v) is 18.6.